The van der Waals surface area contributed by atoms with Crippen LogP contribution >= 0.6 is 0 Å². The van der Waals surface area contributed by atoms with Crippen LogP contribution in [0.4, 0.5) is 0 Å². The van der Waals surface area contributed by atoms with Gasteiger partial charge in [0.1, 0.15) is 0 Å². The fourth-order valence-electron chi connectivity index (χ4n) is 1.14. The van der Waals surface area contributed by atoms with Crippen molar-refractivity contribution in [3.05, 3.63) is 12.7 Å². The Bertz CT molecular complexity index is 215. The molecule has 0 rings (SSSR count). The van der Waals surface area contributed by atoms with Gasteiger partial charge in [0.25, 0.3) is 0 Å². The third kappa shape index (κ3) is 13.0. The van der Waals surface area contributed by atoms with Crippen molar-refractivity contribution in [2.45, 2.75) is 31.9 Å². The molecule has 0 amide bonds. The van der Waals surface area contributed by atoms with Gasteiger partial charge in [-0.1, -0.05) is 6.08 Å². The van der Waals surface area contributed by atoms with Crippen molar-refractivity contribution in [1.29, 1.82) is 0 Å². The number of allylic oxidation sites excluding steroid dienone is 1. The van der Waals surface area contributed by atoms with Crippen molar-refractivity contribution < 1.29 is 66.4 Å². The number of hydrogen-bond donors (Lipinski definition) is 3. The minimum Gasteiger partial charge on any atom is -0.548 e. The first-order valence-corrected chi connectivity index (χ1v) is 5.51. The van der Waals surface area contributed by atoms with Crippen LogP contribution in [-0.2, 0) is 4.79 Å². The zero-order valence-electron chi connectivity index (χ0n) is 10.7. The van der Waals surface area contributed by atoms with Gasteiger partial charge in [-0.15, -0.1) is 6.58 Å². The van der Waals surface area contributed by atoms with Crippen molar-refractivity contribution >= 4 is 5.97 Å². The molecule has 3 N–H and O–H groups in total. The van der Waals surface area contributed by atoms with Crippen LogP contribution < -0.4 is 67.1 Å². The van der Waals surface area contributed by atoms with Gasteiger partial charge in [0.05, 0.1) is 12.1 Å². The van der Waals surface area contributed by atoms with E-state index in [1.807, 2.05) is 0 Å². The molecule has 0 saturated carbocycles. The van der Waals surface area contributed by atoms with Gasteiger partial charge in [-0.25, -0.2) is 0 Å². The smallest absolute Gasteiger partial charge is 0.548 e. The van der Waals surface area contributed by atoms with E-state index in [0.29, 0.717) is 26.1 Å². The molecule has 0 saturated heterocycles. The molecule has 0 aliphatic rings. The Hall–Kier alpha value is 0.726. The summed E-state index contributed by atoms with van der Waals surface area (Å²) in [5.74, 6) is -1.11. The van der Waals surface area contributed by atoms with Crippen molar-refractivity contribution in [2.24, 2.45) is 0 Å². The molecule has 0 aromatic rings. The van der Waals surface area contributed by atoms with Crippen LogP contribution in [0.5, 0.6) is 0 Å². The summed E-state index contributed by atoms with van der Waals surface area (Å²) in [6, 6.07) is -0.646. The Kier molecular flexibility index (Phi) is 15.5. The third-order valence-electron chi connectivity index (χ3n) is 2.19. The Morgan fingerprint density at radius 3 is 2.71 bits per heavy atom. The van der Waals surface area contributed by atoms with Crippen LogP contribution in [0.15, 0.2) is 12.7 Å². The first kappa shape index (κ1) is 20.1. The number of carboxylic acids is 1. The van der Waals surface area contributed by atoms with Crippen LogP contribution in [0.3, 0.4) is 0 Å². The van der Waals surface area contributed by atoms with Crippen molar-refractivity contribution in [1.82, 2.24) is 10.6 Å². The zero-order chi connectivity index (χ0) is 12.4. The van der Waals surface area contributed by atoms with Crippen LogP contribution in [0.25, 0.3) is 0 Å². The summed E-state index contributed by atoms with van der Waals surface area (Å²) in [5, 5.41) is 25.6. The Balaban J connectivity index is 0. The summed E-state index contributed by atoms with van der Waals surface area (Å²) in [7, 11) is 0. The summed E-state index contributed by atoms with van der Waals surface area (Å²) < 4.78 is 0. The maximum Gasteiger partial charge on any atom is 1.00 e. The van der Waals surface area contributed by atoms with Gasteiger partial charge < -0.3 is 25.6 Å². The maximum absolute atomic E-state index is 10.3. The van der Waals surface area contributed by atoms with E-state index in [4.69, 9.17) is 0 Å². The van der Waals surface area contributed by atoms with Gasteiger partial charge in [-0.3, -0.25) is 0 Å². The quantitative estimate of drug-likeness (QED) is 0.212. The maximum atomic E-state index is 10.3. The van der Waals surface area contributed by atoms with Gasteiger partial charge in [0.2, 0.25) is 0 Å². The second-order valence-electron chi connectivity index (χ2n) is 3.72. The number of carboxylic acid groups (broad SMARTS) is 1. The summed E-state index contributed by atoms with van der Waals surface area (Å²) >= 11 is 0. The third-order valence-corrected chi connectivity index (χ3v) is 2.19. The van der Waals surface area contributed by atoms with Crippen LogP contribution in [0.2, 0.25) is 0 Å². The van der Waals surface area contributed by atoms with Crippen molar-refractivity contribution in [3.63, 3.8) is 0 Å². The standard InChI is InChI=1S/C11H22N2O3.K/c1-3-4-5-10(14)8-12-6-7-13-9(2)11(15)16;/h3,9-10,12-14H,1,4-8H2,2H3,(H,15,16);/q;+1/p-1. The molecule has 0 fully saturated rings. The Morgan fingerprint density at radius 2 is 2.18 bits per heavy atom. The molecule has 17 heavy (non-hydrogen) atoms. The first-order chi connectivity index (χ1) is 7.57. The number of aliphatic hydroxyl groups excluding tert-OH is 1. The predicted octanol–water partition coefficient (Wildman–Crippen LogP) is -4.36. The van der Waals surface area contributed by atoms with Gasteiger partial charge in [0, 0.05) is 25.7 Å². The normalized spacial score (nSPS) is 13.5. The molecular formula is C11H21KN2O3. The zero-order valence-corrected chi connectivity index (χ0v) is 13.9. The fraction of sp³-hybridized carbons (Fsp3) is 0.727. The van der Waals surface area contributed by atoms with E-state index in [9.17, 15) is 15.0 Å². The summed E-state index contributed by atoms with van der Waals surface area (Å²) in [4.78, 5) is 10.3. The SMILES string of the molecule is C=CCCC(O)CNCCNC(C)C(=O)[O-].[K+]. The molecule has 6 heteroatoms. The van der Waals surface area contributed by atoms with Crippen LogP contribution in [0.1, 0.15) is 19.8 Å². The molecule has 0 aromatic carbocycles. The molecule has 5 nitrogen and oxygen atoms in total. The van der Waals surface area contributed by atoms with Crippen molar-refractivity contribution in [2.75, 3.05) is 19.6 Å². The number of carbonyl (C=O) groups is 1. The Labute approximate surface area is 145 Å². The van der Waals surface area contributed by atoms with Gasteiger partial charge in [0.15, 0.2) is 0 Å². The molecule has 0 radical (unpaired) electrons. The largest absolute Gasteiger partial charge is 1.00 e. The molecular weight excluding hydrogens is 247 g/mol. The molecule has 0 spiro atoms. The fourth-order valence-corrected chi connectivity index (χ4v) is 1.14. The molecule has 0 aliphatic carbocycles. The average Bonchev–Trinajstić information content (AvgIpc) is 2.25. The molecule has 0 aromatic heterocycles. The van der Waals surface area contributed by atoms with Gasteiger partial charge in [-0.05, 0) is 19.8 Å². The molecule has 0 bridgehead atoms. The second-order valence-corrected chi connectivity index (χ2v) is 3.72. The number of carbonyl (C=O) groups excluding carboxylic acids is 1. The molecule has 2 atom stereocenters. The summed E-state index contributed by atoms with van der Waals surface area (Å²) in [6.07, 6.45) is 2.88. The van der Waals surface area contributed by atoms with E-state index < -0.39 is 12.0 Å². The molecule has 94 valence electrons. The van der Waals surface area contributed by atoms with Gasteiger partial charge >= 0.3 is 51.4 Å². The summed E-state index contributed by atoms with van der Waals surface area (Å²) in [6.45, 7) is 6.77. The first-order valence-electron chi connectivity index (χ1n) is 5.51. The van der Waals surface area contributed by atoms with E-state index >= 15 is 0 Å². The van der Waals surface area contributed by atoms with E-state index in [-0.39, 0.29) is 57.5 Å². The van der Waals surface area contributed by atoms with E-state index in [1.54, 1.807) is 6.08 Å². The molecule has 2 unspecified atom stereocenters. The van der Waals surface area contributed by atoms with Crippen molar-refractivity contribution in [3.8, 4) is 0 Å². The number of rotatable bonds is 10. The number of hydrogen-bond acceptors (Lipinski definition) is 5. The Morgan fingerprint density at radius 1 is 1.53 bits per heavy atom. The van der Waals surface area contributed by atoms with E-state index in [0.717, 1.165) is 6.42 Å². The van der Waals surface area contributed by atoms with Gasteiger partial charge in [-0.2, -0.15) is 0 Å². The van der Waals surface area contributed by atoms with Crippen LogP contribution in [0, 0.1) is 0 Å². The predicted molar refractivity (Wildman–Crippen MR) is 60.8 cm³/mol. The number of aliphatic hydroxyl groups is 1. The summed E-state index contributed by atoms with van der Waals surface area (Å²) in [5.41, 5.74) is 0. The topological polar surface area (TPSA) is 84.4 Å². The monoisotopic (exact) mass is 268 g/mol. The molecule has 0 aliphatic heterocycles. The minimum atomic E-state index is -1.11. The van der Waals surface area contributed by atoms with E-state index in [2.05, 4.69) is 17.2 Å². The molecule has 0 heterocycles. The van der Waals surface area contributed by atoms with E-state index in [1.165, 1.54) is 6.92 Å². The number of nitrogens with one attached hydrogen (secondary N) is 2. The number of aliphatic carboxylic acids is 1. The van der Waals surface area contributed by atoms with Crippen LogP contribution in [-0.4, -0.2) is 42.9 Å². The average molecular weight is 268 g/mol. The minimum absolute atomic E-state index is 0. The second kappa shape index (κ2) is 13.2.